The van der Waals surface area contributed by atoms with E-state index in [0.29, 0.717) is 16.5 Å². The van der Waals surface area contributed by atoms with Gasteiger partial charge < -0.3 is 5.11 Å². The van der Waals surface area contributed by atoms with Gasteiger partial charge in [0.2, 0.25) is 10.0 Å². The zero-order valence-electron chi connectivity index (χ0n) is 11.8. The quantitative estimate of drug-likeness (QED) is 0.820. The lowest BCUT2D eigenvalue weighted by atomic mass is 10.0. The molecule has 0 bridgehead atoms. The zero-order chi connectivity index (χ0) is 14.6. The number of nitrogens with one attached hydrogen (secondary N) is 1. The maximum Gasteiger partial charge on any atom is 0.250 e. The number of hydrogen-bond donors (Lipinski definition) is 2. The molecule has 1 aliphatic rings. The molecule has 2 unspecified atom stereocenters. The van der Waals surface area contributed by atoms with Crippen molar-refractivity contribution in [1.29, 1.82) is 0 Å². The second-order valence-corrected chi connectivity index (χ2v) is 8.74. The molecule has 0 saturated heterocycles. The largest absolute Gasteiger partial charge is 0.396 e. The topological polar surface area (TPSA) is 66.4 Å². The predicted octanol–water partition coefficient (Wildman–Crippen LogP) is 2.53. The standard InChI is InChI=1S/C14H23NO3S2/c1-11-3-2-4-12(6-5-11)15-20(17,18)14-8-7-13(19-14)9-10-16/h7-8,11-12,15-16H,2-6,9-10H2,1H3. The summed E-state index contributed by atoms with van der Waals surface area (Å²) in [6, 6.07) is 3.48. The Morgan fingerprint density at radius 3 is 2.85 bits per heavy atom. The van der Waals surface area contributed by atoms with Gasteiger partial charge in [0, 0.05) is 23.9 Å². The van der Waals surface area contributed by atoms with E-state index in [1.807, 2.05) is 0 Å². The van der Waals surface area contributed by atoms with Crippen molar-refractivity contribution >= 4 is 21.4 Å². The van der Waals surface area contributed by atoms with Crippen LogP contribution in [-0.4, -0.2) is 26.2 Å². The van der Waals surface area contributed by atoms with Crippen LogP contribution >= 0.6 is 11.3 Å². The molecule has 4 nitrogen and oxygen atoms in total. The molecule has 0 aliphatic heterocycles. The third-order valence-corrected chi connectivity index (χ3v) is 7.00. The fourth-order valence-electron chi connectivity index (χ4n) is 2.63. The number of aliphatic hydroxyl groups is 1. The van der Waals surface area contributed by atoms with Gasteiger partial charge in [0.1, 0.15) is 4.21 Å². The van der Waals surface area contributed by atoms with Gasteiger partial charge in [0.25, 0.3) is 0 Å². The normalized spacial score (nSPS) is 24.5. The van der Waals surface area contributed by atoms with Gasteiger partial charge in [-0.3, -0.25) is 0 Å². The molecule has 2 atom stereocenters. The summed E-state index contributed by atoms with van der Waals surface area (Å²) in [6.07, 6.45) is 5.74. The highest BCUT2D eigenvalue weighted by Crippen LogP contribution is 2.26. The van der Waals surface area contributed by atoms with Gasteiger partial charge in [-0.25, -0.2) is 13.1 Å². The molecular weight excluding hydrogens is 294 g/mol. The van der Waals surface area contributed by atoms with Crippen LogP contribution in [0.25, 0.3) is 0 Å². The van der Waals surface area contributed by atoms with Crippen molar-refractivity contribution in [3.8, 4) is 0 Å². The second-order valence-electron chi connectivity index (χ2n) is 5.63. The van der Waals surface area contributed by atoms with E-state index in [9.17, 15) is 8.42 Å². The summed E-state index contributed by atoms with van der Waals surface area (Å²) in [5.41, 5.74) is 0. The molecule has 1 aromatic rings. The van der Waals surface area contributed by atoms with E-state index >= 15 is 0 Å². The molecule has 0 spiro atoms. The Morgan fingerprint density at radius 2 is 2.10 bits per heavy atom. The molecule has 1 heterocycles. The molecule has 0 radical (unpaired) electrons. The minimum Gasteiger partial charge on any atom is -0.396 e. The highest BCUT2D eigenvalue weighted by molar-refractivity contribution is 7.91. The Labute approximate surface area is 125 Å². The Kier molecular flexibility index (Phi) is 5.60. The molecule has 1 aromatic heterocycles. The van der Waals surface area contributed by atoms with E-state index in [1.54, 1.807) is 12.1 Å². The van der Waals surface area contributed by atoms with Crippen molar-refractivity contribution in [2.24, 2.45) is 5.92 Å². The highest BCUT2D eigenvalue weighted by atomic mass is 32.2. The summed E-state index contributed by atoms with van der Waals surface area (Å²) in [7, 11) is -3.40. The first-order valence-electron chi connectivity index (χ1n) is 7.23. The molecule has 0 amide bonds. The van der Waals surface area contributed by atoms with Crippen LogP contribution in [-0.2, 0) is 16.4 Å². The van der Waals surface area contributed by atoms with Crippen LogP contribution in [0.15, 0.2) is 16.3 Å². The molecule has 114 valence electrons. The lowest BCUT2D eigenvalue weighted by Crippen LogP contribution is -2.34. The first-order valence-corrected chi connectivity index (χ1v) is 9.53. The summed E-state index contributed by atoms with van der Waals surface area (Å²) < 4.78 is 27.9. The number of rotatable bonds is 5. The number of hydrogen-bond acceptors (Lipinski definition) is 4. The van der Waals surface area contributed by atoms with Gasteiger partial charge in [0.05, 0.1) is 0 Å². The monoisotopic (exact) mass is 317 g/mol. The summed E-state index contributed by atoms with van der Waals surface area (Å²) in [5.74, 6) is 0.697. The van der Waals surface area contributed by atoms with E-state index in [2.05, 4.69) is 11.6 Å². The van der Waals surface area contributed by atoms with Gasteiger partial charge in [-0.1, -0.05) is 19.8 Å². The Balaban J connectivity index is 2.02. The molecule has 6 heteroatoms. The first-order chi connectivity index (χ1) is 9.51. The van der Waals surface area contributed by atoms with Crippen molar-refractivity contribution < 1.29 is 13.5 Å². The maximum atomic E-state index is 12.3. The maximum absolute atomic E-state index is 12.3. The lowest BCUT2D eigenvalue weighted by Gasteiger charge is -2.15. The van der Waals surface area contributed by atoms with E-state index in [0.717, 1.165) is 30.6 Å². The highest BCUT2D eigenvalue weighted by Gasteiger charge is 2.23. The second kappa shape index (κ2) is 7.02. The van der Waals surface area contributed by atoms with E-state index in [1.165, 1.54) is 17.8 Å². The number of aliphatic hydroxyl groups excluding tert-OH is 1. The van der Waals surface area contributed by atoms with Gasteiger partial charge in [-0.15, -0.1) is 11.3 Å². The number of sulfonamides is 1. The van der Waals surface area contributed by atoms with Crippen LogP contribution in [0, 0.1) is 5.92 Å². The van der Waals surface area contributed by atoms with Crippen LogP contribution in [0.3, 0.4) is 0 Å². The SMILES string of the molecule is CC1CCCC(NS(=O)(=O)c2ccc(CCO)s2)CC1. The fraction of sp³-hybridized carbons (Fsp3) is 0.714. The molecule has 1 aliphatic carbocycles. The lowest BCUT2D eigenvalue weighted by molar-refractivity contribution is 0.300. The third-order valence-electron chi connectivity index (χ3n) is 3.84. The number of thiophene rings is 1. The third kappa shape index (κ3) is 4.28. The van der Waals surface area contributed by atoms with Crippen LogP contribution in [0.4, 0.5) is 0 Å². The van der Waals surface area contributed by atoms with Crippen LogP contribution in [0.1, 0.15) is 43.9 Å². The molecular formula is C14H23NO3S2. The Bertz CT molecular complexity index is 524. The molecule has 2 N–H and O–H groups in total. The minimum atomic E-state index is -3.40. The zero-order valence-corrected chi connectivity index (χ0v) is 13.5. The van der Waals surface area contributed by atoms with E-state index in [4.69, 9.17) is 5.11 Å². The first kappa shape index (κ1) is 15.9. The van der Waals surface area contributed by atoms with Crippen molar-refractivity contribution in [3.05, 3.63) is 17.0 Å². The van der Waals surface area contributed by atoms with E-state index < -0.39 is 10.0 Å². The van der Waals surface area contributed by atoms with Crippen molar-refractivity contribution in [1.82, 2.24) is 4.72 Å². The average Bonchev–Trinajstić information content (AvgIpc) is 2.77. The predicted molar refractivity (Wildman–Crippen MR) is 81.5 cm³/mol. The smallest absolute Gasteiger partial charge is 0.250 e. The molecule has 20 heavy (non-hydrogen) atoms. The summed E-state index contributed by atoms with van der Waals surface area (Å²) in [5, 5.41) is 8.89. The van der Waals surface area contributed by atoms with Crippen LogP contribution in [0.5, 0.6) is 0 Å². The Hall–Kier alpha value is -0.430. The fourth-order valence-corrected chi connectivity index (χ4v) is 5.30. The molecule has 1 fully saturated rings. The van der Waals surface area contributed by atoms with Gasteiger partial charge in [0.15, 0.2) is 0 Å². The summed E-state index contributed by atoms with van der Waals surface area (Å²) in [6.45, 7) is 2.28. The average molecular weight is 317 g/mol. The van der Waals surface area contributed by atoms with Gasteiger partial charge in [-0.05, 0) is 37.3 Å². The molecule has 1 saturated carbocycles. The molecule has 0 aromatic carbocycles. The van der Waals surface area contributed by atoms with Gasteiger partial charge in [-0.2, -0.15) is 0 Å². The van der Waals surface area contributed by atoms with Gasteiger partial charge >= 0.3 is 0 Å². The molecule has 2 rings (SSSR count). The van der Waals surface area contributed by atoms with Crippen molar-refractivity contribution in [2.45, 2.75) is 55.7 Å². The summed E-state index contributed by atoms with van der Waals surface area (Å²) >= 11 is 1.25. The van der Waals surface area contributed by atoms with E-state index in [-0.39, 0.29) is 12.6 Å². The summed E-state index contributed by atoms with van der Waals surface area (Å²) in [4.78, 5) is 0.905. The van der Waals surface area contributed by atoms with Crippen LogP contribution in [0.2, 0.25) is 0 Å². The van der Waals surface area contributed by atoms with Crippen LogP contribution < -0.4 is 4.72 Å². The van der Waals surface area contributed by atoms with Crippen molar-refractivity contribution in [2.75, 3.05) is 6.61 Å². The van der Waals surface area contributed by atoms with Crippen molar-refractivity contribution in [3.63, 3.8) is 0 Å². The minimum absolute atomic E-state index is 0.0495. The Morgan fingerprint density at radius 1 is 1.30 bits per heavy atom.